The maximum Gasteiger partial charge on any atom is 0.336 e. The standard InChI is InChI=1S/C17H15ClN4O3/c1-21-9-13(8-19-21)22-16(10-23)14(17(24)25-2)7-15(20-22)11-3-5-12(18)6-4-11/h3-10,16H,1-2H3/i3D,4D,5D,6D. The lowest BCUT2D eigenvalue weighted by molar-refractivity contribution is -0.136. The molecule has 1 aliphatic heterocycles. The zero-order chi connectivity index (χ0) is 21.5. The van der Waals surface area contributed by atoms with Crippen molar-refractivity contribution in [2.45, 2.75) is 6.04 Å². The van der Waals surface area contributed by atoms with Crippen LogP contribution in [0.4, 0.5) is 5.69 Å². The van der Waals surface area contributed by atoms with Gasteiger partial charge in [-0.25, -0.2) is 9.80 Å². The maximum atomic E-state index is 12.3. The Hall–Kier alpha value is -2.93. The Morgan fingerprint density at radius 3 is 2.68 bits per heavy atom. The van der Waals surface area contributed by atoms with Gasteiger partial charge in [-0.2, -0.15) is 10.2 Å². The molecule has 7 nitrogen and oxygen atoms in total. The number of esters is 1. The fourth-order valence-electron chi connectivity index (χ4n) is 2.29. The molecule has 8 heteroatoms. The van der Waals surface area contributed by atoms with Crippen molar-refractivity contribution in [3.05, 3.63) is 58.8 Å². The molecule has 1 unspecified atom stereocenters. The van der Waals surface area contributed by atoms with E-state index >= 15 is 0 Å². The van der Waals surface area contributed by atoms with Gasteiger partial charge in [-0.3, -0.25) is 4.68 Å². The number of carbonyl (C=O) groups is 2. The van der Waals surface area contributed by atoms with Gasteiger partial charge in [0.15, 0.2) is 0 Å². The first-order valence-corrected chi connectivity index (χ1v) is 7.46. The molecule has 0 fully saturated rings. The summed E-state index contributed by atoms with van der Waals surface area (Å²) in [5.74, 6) is -0.799. The minimum Gasteiger partial charge on any atom is -0.466 e. The quantitative estimate of drug-likeness (QED) is 0.614. The van der Waals surface area contributed by atoms with Crippen LogP contribution in [0.15, 0.2) is 53.3 Å². The van der Waals surface area contributed by atoms with E-state index in [0.717, 1.165) is 7.11 Å². The second kappa shape index (κ2) is 6.90. The third-order valence-electron chi connectivity index (χ3n) is 3.45. The summed E-state index contributed by atoms with van der Waals surface area (Å²) in [4.78, 5) is 24.1. The fraction of sp³-hybridized carbons (Fsp3) is 0.176. The van der Waals surface area contributed by atoms with Gasteiger partial charge in [-0.05, 0) is 18.2 Å². The molecule has 0 spiro atoms. The predicted molar refractivity (Wildman–Crippen MR) is 93.6 cm³/mol. The lowest BCUT2D eigenvalue weighted by atomic mass is 10.0. The first kappa shape index (κ1) is 12.4. The Kier molecular flexibility index (Phi) is 3.43. The topological polar surface area (TPSA) is 76.8 Å². The Morgan fingerprint density at radius 1 is 1.40 bits per heavy atom. The van der Waals surface area contributed by atoms with Crippen LogP contribution in [-0.2, 0) is 21.4 Å². The molecule has 0 radical (unpaired) electrons. The van der Waals surface area contributed by atoms with Crippen LogP contribution in [0.5, 0.6) is 0 Å². The summed E-state index contributed by atoms with van der Waals surface area (Å²) in [5.41, 5.74) is 0.0778. The molecule has 2 heterocycles. The van der Waals surface area contributed by atoms with Crippen molar-refractivity contribution in [1.82, 2.24) is 9.78 Å². The molecule has 3 rings (SSSR count). The molecule has 1 aromatic heterocycles. The monoisotopic (exact) mass is 362 g/mol. The Bertz CT molecular complexity index is 1050. The summed E-state index contributed by atoms with van der Waals surface area (Å²) < 4.78 is 38.5. The lowest BCUT2D eigenvalue weighted by Crippen LogP contribution is -2.40. The zero-order valence-corrected chi connectivity index (χ0v) is 14.0. The second-order valence-electron chi connectivity index (χ2n) is 5.06. The zero-order valence-electron chi connectivity index (χ0n) is 17.3. The molecule has 0 saturated carbocycles. The molecule has 0 bridgehead atoms. The van der Waals surface area contributed by atoms with Gasteiger partial charge in [-0.15, -0.1) is 0 Å². The van der Waals surface area contributed by atoms with E-state index in [1.807, 2.05) is 0 Å². The van der Waals surface area contributed by atoms with E-state index in [1.165, 1.54) is 22.0 Å². The summed E-state index contributed by atoms with van der Waals surface area (Å²) in [7, 11) is 2.82. The van der Waals surface area contributed by atoms with Gasteiger partial charge < -0.3 is 9.53 Å². The van der Waals surface area contributed by atoms with Crippen molar-refractivity contribution < 1.29 is 19.8 Å². The summed E-state index contributed by atoms with van der Waals surface area (Å²) >= 11 is 5.86. The predicted octanol–water partition coefficient (Wildman–Crippen LogP) is 1.96. The minimum absolute atomic E-state index is 0.0546. The smallest absolute Gasteiger partial charge is 0.336 e. The number of halogens is 1. The average Bonchev–Trinajstić information content (AvgIpc) is 3.15. The highest BCUT2D eigenvalue weighted by atomic mass is 35.5. The molecule has 0 saturated heterocycles. The number of aromatic nitrogens is 2. The number of ether oxygens (including phenoxy) is 1. The molecule has 1 atom stereocenters. The van der Waals surface area contributed by atoms with Crippen molar-refractivity contribution in [3.63, 3.8) is 0 Å². The third-order valence-corrected chi connectivity index (χ3v) is 3.64. The number of benzene rings is 1. The van der Waals surface area contributed by atoms with Gasteiger partial charge in [0.25, 0.3) is 0 Å². The van der Waals surface area contributed by atoms with Crippen LogP contribution >= 0.6 is 11.6 Å². The van der Waals surface area contributed by atoms with Gasteiger partial charge >= 0.3 is 5.97 Å². The number of rotatable bonds is 4. The Morgan fingerprint density at radius 2 is 2.12 bits per heavy atom. The number of nitrogens with zero attached hydrogens (tertiary/aromatic N) is 4. The van der Waals surface area contributed by atoms with Gasteiger partial charge in [0.2, 0.25) is 0 Å². The number of carbonyl (C=O) groups excluding carboxylic acids is 2. The molecule has 0 aliphatic carbocycles. The minimum atomic E-state index is -1.13. The molecule has 0 N–H and O–H groups in total. The summed E-state index contributed by atoms with van der Waals surface area (Å²) in [6.07, 6.45) is 4.71. The Labute approximate surface area is 154 Å². The Balaban J connectivity index is 2.29. The van der Waals surface area contributed by atoms with E-state index in [0.29, 0.717) is 12.0 Å². The number of hydrogen-bond acceptors (Lipinski definition) is 6. The van der Waals surface area contributed by atoms with Crippen molar-refractivity contribution in [2.75, 3.05) is 12.1 Å². The molecule has 128 valence electrons. The highest BCUT2D eigenvalue weighted by molar-refractivity contribution is 6.30. The van der Waals surface area contributed by atoms with E-state index in [-0.39, 0.29) is 21.9 Å². The highest BCUT2D eigenvalue weighted by Crippen LogP contribution is 2.26. The molecule has 25 heavy (non-hydrogen) atoms. The van der Waals surface area contributed by atoms with Gasteiger partial charge in [0, 0.05) is 23.8 Å². The maximum absolute atomic E-state index is 12.3. The van der Waals surface area contributed by atoms with Crippen LogP contribution in [0.25, 0.3) is 0 Å². The SMILES string of the molecule is [2H]c1c([2H])c(C2=NN(c3cnn(C)c3)C(C=O)C(C(=O)OC)=C2)c([2H])c([2H])c1Cl. The van der Waals surface area contributed by atoms with E-state index in [1.54, 1.807) is 13.2 Å². The lowest BCUT2D eigenvalue weighted by Gasteiger charge is -2.29. The first-order chi connectivity index (χ1) is 13.7. The fourth-order valence-corrected chi connectivity index (χ4v) is 2.39. The van der Waals surface area contributed by atoms with E-state index in [2.05, 4.69) is 10.2 Å². The molecule has 0 amide bonds. The highest BCUT2D eigenvalue weighted by Gasteiger charge is 2.32. The molecule has 1 aromatic carbocycles. The first-order valence-electron chi connectivity index (χ1n) is 9.09. The molecular formula is C17H15ClN4O3. The third kappa shape index (κ3) is 3.32. The van der Waals surface area contributed by atoms with Crippen LogP contribution in [0, 0.1) is 0 Å². The summed E-state index contributed by atoms with van der Waals surface area (Å²) in [6.45, 7) is 0. The van der Waals surface area contributed by atoms with Crippen molar-refractivity contribution in [3.8, 4) is 0 Å². The summed E-state index contributed by atoms with van der Waals surface area (Å²) in [6, 6.07) is -2.86. The van der Waals surface area contributed by atoms with Gasteiger partial charge in [0.1, 0.15) is 12.3 Å². The number of allylic oxidation sites excluding steroid dienone is 1. The number of anilines is 1. The average molecular weight is 363 g/mol. The van der Waals surface area contributed by atoms with Gasteiger partial charge in [-0.1, -0.05) is 23.7 Å². The van der Waals surface area contributed by atoms with Crippen LogP contribution < -0.4 is 5.01 Å². The van der Waals surface area contributed by atoms with E-state index in [4.69, 9.17) is 21.8 Å². The molecular weight excluding hydrogens is 344 g/mol. The number of methoxy groups -OCH3 is 1. The van der Waals surface area contributed by atoms with Gasteiger partial charge in [0.05, 0.1) is 35.8 Å². The van der Waals surface area contributed by atoms with E-state index < -0.39 is 36.2 Å². The number of hydrogen-bond donors (Lipinski definition) is 0. The van der Waals surface area contributed by atoms with Crippen molar-refractivity contribution >= 4 is 35.3 Å². The normalized spacial score (nSPS) is 19.2. The summed E-state index contributed by atoms with van der Waals surface area (Å²) in [5, 5.41) is 9.23. The van der Waals surface area contributed by atoms with Crippen LogP contribution in [0.2, 0.25) is 5.02 Å². The largest absolute Gasteiger partial charge is 0.466 e. The molecule has 1 aliphatic rings. The van der Waals surface area contributed by atoms with E-state index in [9.17, 15) is 9.59 Å². The molecule has 2 aromatic rings. The van der Waals surface area contributed by atoms with Crippen LogP contribution in [0.1, 0.15) is 11.0 Å². The number of aldehydes is 1. The second-order valence-corrected chi connectivity index (χ2v) is 5.44. The number of aryl methyl sites for hydroxylation is 1. The van der Waals surface area contributed by atoms with Crippen LogP contribution in [-0.4, -0.2) is 40.9 Å². The van der Waals surface area contributed by atoms with Crippen LogP contribution in [0.3, 0.4) is 0 Å². The van der Waals surface area contributed by atoms with Crippen molar-refractivity contribution in [2.24, 2.45) is 12.1 Å². The number of hydrazone groups is 1. The van der Waals surface area contributed by atoms with Crippen molar-refractivity contribution in [1.29, 1.82) is 0 Å².